The normalized spacial score (nSPS) is 30.0. The molecule has 0 aromatic heterocycles. The molecule has 0 spiro atoms. The van der Waals surface area contributed by atoms with E-state index in [1.807, 2.05) is 0 Å². The van der Waals surface area contributed by atoms with Crippen molar-refractivity contribution in [1.82, 2.24) is 10.6 Å². The van der Waals surface area contributed by atoms with E-state index in [-0.39, 0.29) is 0 Å². The molecule has 1 amide bonds. The van der Waals surface area contributed by atoms with Crippen LogP contribution in [0.3, 0.4) is 0 Å². The topological polar surface area (TPSA) is 70.6 Å². The number of hydrogen-bond donors (Lipinski definition) is 3. The number of hydrogen-bond acceptors (Lipinski definition) is 4. The van der Waals surface area contributed by atoms with Gasteiger partial charge in [-0.05, 0) is 0 Å². The Bertz CT molecular complexity index is 151. The first-order valence-electron chi connectivity index (χ1n) is 3.51. The number of nitrogens with one attached hydrogen (secondary N) is 2. The van der Waals surface area contributed by atoms with Crippen LogP contribution in [0.4, 0.5) is 4.79 Å². The summed E-state index contributed by atoms with van der Waals surface area (Å²) in [7, 11) is 1.48. The molecule has 1 saturated heterocycles. The summed E-state index contributed by atoms with van der Waals surface area (Å²) < 4.78 is 4.81. The van der Waals surface area contributed by atoms with Crippen molar-refractivity contribution < 1.29 is 14.6 Å². The number of aliphatic hydroxyl groups is 1. The van der Waals surface area contributed by atoms with Gasteiger partial charge in [0.2, 0.25) is 0 Å². The Morgan fingerprint density at radius 2 is 2.45 bits per heavy atom. The number of ether oxygens (including phenoxy) is 1. The Morgan fingerprint density at radius 1 is 1.73 bits per heavy atom. The second-order valence-corrected chi connectivity index (χ2v) is 2.42. The van der Waals surface area contributed by atoms with Crippen molar-refractivity contribution in [2.24, 2.45) is 0 Å². The van der Waals surface area contributed by atoms with Crippen LogP contribution in [0.25, 0.3) is 0 Å². The van der Waals surface area contributed by atoms with Gasteiger partial charge in [-0.25, -0.2) is 4.79 Å². The molecule has 3 N–H and O–H groups in total. The molecule has 11 heavy (non-hydrogen) atoms. The summed E-state index contributed by atoms with van der Waals surface area (Å²) in [6, 6.07) is 0. The molecule has 0 aliphatic carbocycles. The van der Waals surface area contributed by atoms with E-state index >= 15 is 0 Å². The molecule has 5 heteroatoms. The Kier molecular flexibility index (Phi) is 2.67. The molecular weight excluding hydrogens is 148 g/mol. The van der Waals surface area contributed by atoms with Crippen molar-refractivity contribution in [2.75, 3.05) is 20.1 Å². The van der Waals surface area contributed by atoms with Gasteiger partial charge in [-0.3, -0.25) is 0 Å². The van der Waals surface area contributed by atoms with Crippen LogP contribution in [0.1, 0.15) is 0 Å². The van der Waals surface area contributed by atoms with E-state index < -0.39 is 18.3 Å². The van der Waals surface area contributed by atoms with E-state index in [2.05, 4.69) is 10.6 Å². The second kappa shape index (κ2) is 3.54. The van der Waals surface area contributed by atoms with Crippen molar-refractivity contribution >= 4 is 6.09 Å². The lowest BCUT2D eigenvalue weighted by Gasteiger charge is -2.13. The quantitative estimate of drug-likeness (QED) is 0.444. The van der Waals surface area contributed by atoms with Gasteiger partial charge in [0.1, 0.15) is 12.2 Å². The van der Waals surface area contributed by atoms with Gasteiger partial charge in [-0.2, -0.15) is 0 Å². The first-order valence-corrected chi connectivity index (χ1v) is 3.51. The van der Waals surface area contributed by atoms with Crippen LogP contribution in [-0.4, -0.2) is 43.5 Å². The van der Waals surface area contributed by atoms with Crippen LogP contribution >= 0.6 is 0 Å². The van der Waals surface area contributed by atoms with E-state index in [1.165, 1.54) is 7.05 Å². The molecule has 0 radical (unpaired) electrons. The monoisotopic (exact) mass is 160 g/mol. The number of β-amino-alcohol motifs (C(OH)–C–C–N with tert-alkyl or cyclic N) is 1. The summed E-state index contributed by atoms with van der Waals surface area (Å²) >= 11 is 0. The minimum Gasteiger partial charge on any atom is -0.442 e. The first kappa shape index (κ1) is 8.29. The molecule has 1 aliphatic heterocycles. The highest BCUT2D eigenvalue weighted by Gasteiger charge is 2.27. The third kappa shape index (κ3) is 2.06. The summed E-state index contributed by atoms with van der Waals surface area (Å²) in [5, 5.41) is 14.4. The summed E-state index contributed by atoms with van der Waals surface area (Å²) in [4.78, 5) is 10.6. The lowest BCUT2D eigenvalue weighted by molar-refractivity contribution is 0.0339. The standard InChI is InChI=1S/C6H12N2O3/c1-7-6(10)11-5-3-8-2-4(5)9/h4-5,8-9H,2-3H2,1H3,(H,7,10)/t4-,5+/m0/s1. The third-order valence-corrected chi connectivity index (χ3v) is 1.59. The molecule has 0 unspecified atom stereocenters. The van der Waals surface area contributed by atoms with E-state index in [4.69, 9.17) is 9.84 Å². The molecule has 0 bridgehead atoms. The van der Waals surface area contributed by atoms with Gasteiger partial charge in [0, 0.05) is 20.1 Å². The Labute approximate surface area is 64.7 Å². The maximum Gasteiger partial charge on any atom is 0.407 e. The molecule has 1 aliphatic rings. The molecule has 5 nitrogen and oxygen atoms in total. The van der Waals surface area contributed by atoms with Gasteiger partial charge in [-0.15, -0.1) is 0 Å². The summed E-state index contributed by atoms with van der Waals surface area (Å²) in [5.41, 5.74) is 0. The van der Waals surface area contributed by atoms with Gasteiger partial charge in [-0.1, -0.05) is 0 Å². The molecule has 0 aromatic carbocycles. The molecular formula is C6H12N2O3. The first-order chi connectivity index (χ1) is 5.24. The minimum absolute atomic E-state index is 0.407. The molecule has 1 fully saturated rings. The van der Waals surface area contributed by atoms with E-state index in [0.29, 0.717) is 13.1 Å². The van der Waals surface area contributed by atoms with Crippen molar-refractivity contribution in [3.8, 4) is 0 Å². The zero-order chi connectivity index (χ0) is 8.27. The zero-order valence-corrected chi connectivity index (χ0v) is 6.33. The van der Waals surface area contributed by atoms with Crippen LogP contribution in [0.2, 0.25) is 0 Å². The van der Waals surface area contributed by atoms with Crippen molar-refractivity contribution in [2.45, 2.75) is 12.2 Å². The Morgan fingerprint density at radius 3 is 2.91 bits per heavy atom. The summed E-state index contributed by atoms with van der Waals surface area (Å²) in [6.45, 7) is 1.01. The number of carbonyl (C=O) groups is 1. The summed E-state index contributed by atoms with van der Waals surface area (Å²) in [6.07, 6.45) is -1.49. The fourth-order valence-electron chi connectivity index (χ4n) is 0.958. The van der Waals surface area contributed by atoms with Gasteiger partial charge >= 0.3 is 6.09 Å². The van der Waals surface area contributed by atoms with Crippen molar-refractivity contribution in [3.63, 3.8) is 0 Å². The maximum absolute atomic E-state index is 10.6. The van der Waals surface area contributed by atoms with Gasteiger partial charge in [0.25, 0.3) is 0 Å². The lowest BCUT2D eigenvalue weighted by Crippen LogP contribution is -2.33. The number of aliphatic hydroxyl groups excluding tert-OH is 1. The molecule has 1 heterocycles. The molecule has 64 valence electrons. The van der Waals surface area contributed by atoms with Crippen molar-refractivity contribution in [1.29, 1.82) is 0 Å². The maximum atomic E-state index is 10.6. The fourth-order valence-corrected chi connectivity index (χ4v) is 0.958. The van der Waals surface area contributed by atoms with Crippen LogP contribution in [0.5, 0.6) is 0 Å². The molecule has 1 rings (SSSR count). The van der Waals surface area contributed by atoms with E-state index in [1.54, 1.807) is 0 Å². The molecule has 2 atom stereocenters. The predicted octanol–water partition coefficient (Wildman–Crippen LogP) is -1.32. The van der Waals surface area contributed by atoms with Gasteiger partial charge in [0.15, 0.2) is 0 Å². The Hall–Kier alpha value is -0.810. The Balaban J connectivity index is 2.30. The lowest BCUT2D eigenvalue weighted by atomic mass is 10.3. The van der Waals surface area contributed by atoms with E-state index in [0.717, 1.165) is 0 Å². The van der Waals surface area contributed by atoms with Crippen molar-refractivity contribution in [3.05, 3.63) is 0 Å². The smallest absolute Gasteiger partial charge is 0.407 e. The predicted molar refractivity (Wildman–Crippen MR) is 38.2 cm³/mol. The largest absolute Gasteiger partial charge is 0.442 e. The van der Waals surface area contributed by atoms with Crippen LogP contribution in [0, 0.1) is 0 Å². The van der Waals surface area contributed by atoms with Crippen LogP contribution in [-0.2, 0) is 4.74 Å². The van der Waals surface area contributed by atoms with E-state index in [9.17, 15) is 4.79 Å². The highest BCUT2D eigenvalue weighted by molar-refractivity contribution is 5.66. The SMILES string of the molecule is CNC(=O)O[C@@H]1CNC[C@@H]1O. The zero-order valence-electron chi connectivity index (χ0n) is 6.33. The average Bonchev–Trinajstić information content (AvgIpc) is 2.37. The minimum atomic E-state index is -0.577. The molecule has 0 saturated carbocycles. The average molecular weight is 160 g/mol. The third-order valence-electron chi connectivity index (χ3n) is 1.59. The highest BCUT2D eigenvalue weighted by Crippen LogP contribution is 2.03. The summed E-state index contributed by atoms with van der Waals surface area (Å²) in [5.74, 6) is 0. The van der Waals surface area contributed by atoms with Gasteiger partial charge < -0.3 is 20.5 Å². The number of alkyl carbamates (subject to hydrolysis) is 1. The highest BCUT2D eigenvalue weighted by atomic mass is 16.6. The van der Waals surface area contributed by atoms with Crippen LogP contribution in [0.15, 0.2) is 0 Å². The van der Waals surface area contributed by atoms with Crippen LogP contribution < -0.4 is 10.6 Å². The number of carbonyl (C=O) groups excluding carboxylic acids is 1. The fraction of sp³-hybridized carbons (Fsp3) is 0.833. The second-order valence-electron chi connectivity index (χ2n) is 2.42. The number of amides is 1. The number of rotatable bonds is 1. The molecule has 0 aromatic rings. The van der Waals surface area contributed by atoms with Gasteiger partial charge in [0.05, 0.1) is 0 Å².